The monoisotopic (exact) mass is 337 g/mol. The van der Waals surface area contributed by atoms with E-state index < -0.39 is 5.82 Å². The van der Waals surface area contributed by atoms with Crippen LogP contribution in [0.25, 0.3) is 0 Å². The van der Waals surface area contributed by atoms with Gasteiger partial charge in [-0.3, -0.25) is 14.9 Å². The van der Waals surface area contributed by atoms with E-state index in [-0.39, 0.29) is 23.4 Å². The van der Waals surface area contributed by atoms with Gasteiger partial charge in [0.2, 0.25) is 5.91 Å². The summed E-state index contributed by atoms with van der Waals surface area (Å²) in [5.41, 5.74) is 0.0983. The lowest BCUT2D eigenvalue weighted by molar-refractivity contribution is -0.132. The van der Waals surface area contributed by atoms with Gasteiger partial charge in [-0.15, -0.1) is 11.8 Å². The Balaban J connectivity index is 1.63. The highest BCUT2D eigenvalue weighted by molar-refractivity contribution is 7.99. The fourth-order valence-corrected chi connectivity index (χ4v) is 3.85. The molecule has 2 fully saturated rings. The number of hydrogen-bond acceptors (Lipinski definition) is 4. The Morgan fingerprint density at radius 1 is 1.13 bits per heavy atom. The molecule has 2 saturated heterocycles. The third-order valence-electron chi connectivity index (χ3n) is 4.21. The maximum Gasteiger partial charge on any atom is 0.256 e. The zero-order valence-electron chi connectivity index (χ0n) is 12.8. The van der Waals surface area contributed by atoms with Crippen LogP contribution in [0.4, 0.5) is 4.39 Å². The standard InChI is InChI=1S/C16H20FN3O2S/c17-13-5-2-1-4-12(13)15(21)19-6-3-7-20(9-8-19)16(22)14-10-23-11-18-14/h1-2,4-5,14,18H,3,6-11H2. The van der Waals surface area contributed by atoms with Crippen LogP contribution >= 0.6 is 11.8 Å². The van der Waals surface area contributed by atoms with Gasteiger partial charge in [-0.25, -0.2) is 4.39 Å². The summed E-state index contributed by atoms with van der Waals surface area (Å²) in [4.78, 5) is 28.4. The quantitative estimate of drug-likeness (QED) is 0.880. The van der Waals surface area contributed by atoms with Crippen molar-refractivity contribution in [2.24, 2.45) is 0 Å². The van der Waals surface area contributed by atoms with Crippen LogP contribution in [0.15, 0.2) is 24.3 Å². The Kier molecular flexibility index (Phi) is 5.17. The number of amides is 2. The van der Waals surface area contributed by atoms with E-state index in [9.17, 15) is 14.0 Å². The molecule has 124 valence electrons. The fourth-order valence-electron chi connectivity index (χ4n) is 2.92. The molecule has 1 unspecified atom stereocenters. The molecule has 1 aromatic carbocycles. The van der Waals surface area contributed by atoms with Crippen LogP contribution in [0.2, 0.25) is 0 Å². The number of thioether (sulfide) groups is 1. The van der Waals surface area contributed by atoms with E-state index in [1.807, 2.05) is 4.90 Å². The van der Waals surface area contributed by atoms with Gasteiger partial charge in [0.25, 0.3) is 5.91 Å². The molecule has 7 heteroatoms. The molecule has 3 rings (SSSR count). The highest BCUT2D eigenvalue weighted by atomic mass is 32.2. The largest absolute Gasteiger partial charge is 0.339 e. The summed E-state index contributed by atoms with van der Waals surface area (Å²) in [6.07, 6.45) is 0.714. The number of rotatable bonds is 2. The molecular formula is C16H20FN3O2S. The summed E-state index contributed by atoms with van der Waals surface area (Å²) in [5, 5.41) is 3.18. The van der Waals surface area contributed by atoms with Crippen molar-refractivity contribution in [2.45, 2.75) is 12.5 Å². The maximum atomic E-state index is 13.8. The highest BCUT2D eigenvalue weighted by Gasteiger charge is 2.29. The van der Waals surface area contributed by atoms with Gasteiger partial charge in [-0.1, -0.05) is 12.1 Å². The summed E-state index contributed by atoms with van der Waals surface area (Å²) < 4.78 is 13.8. The minimum absolute atomic E-state index is 0.0983. The number of carbonyl (C=O) groups is 2. The molecule has 1 atom stereocenters. The minimum atomic E-state index is -0.498. The first-order valence-electron chi connectivity index (χ1n) is 7.80. The van der Waals surface area contributed by atoms with Gasteiger partial charge in [0.15, 0.2) is 0 Å². The third-order valence-corrected chi connectivity index (χ3v) is 5.15. The molecular weight excluding hydrogens is 317 g/mol. The molecule has 2 amide bonds. The number of nitrogens with one attached hydrogen (secondary N) is 1. The van der Waals surface area contributed by atoms with Crippen molar-refractivity contribution in [1.29, 1.82) is 0 Å². The Morgan fingerprint density at radius 3 is 2.61 bits per heavy atom. The summed E-state index contributed by atoms with van der Waals surface area (Å²) in [6, 6.07) is 5.92. The Bertz CT molecular complexity index is 592. The molecule has 0 radical (unpaired) electrons. The van der Waals surface area contributed by atoms with Crippen molar-refractivity contribution in [3.8, 4) is 0 Å². The summed E-state index contributed by atoms with van der Waals surface area (Å²) in [6.45, 7) is 2.13. The number of carbonyl (C=O) groups excluding carboxylic acids is 2. The second-order valence-electron chi connectivity index (χ2n) is 5.72. The maximum absolute atomic E-state index is 13.8. The number of hydrogen-bond donors (Lipinski definition) is 1. The Labute approximate surface area is 139 Å². The van der Waals surface area contributed by atoms with Crippen LogP contribution in [0, 0.1) is 5.82 Å². The van der Waals surface area contributed by atoms with Crippen LogP contribution < -0.4 is 5.32 Å². The molecule has 0 spiro atoms. The second-order valence-corrected chi connectivity index (χ2v) is 6.75. The smallest absolute Gasteiger partial charge is 0.256 e. The Hall–Kier alpha value is -1.60. The second kappa shape index (κ2) is 7.31. The number of halogens is 1. The molecule has 5 nitrogen and oxygen atoms in total. The molecule has 23 heavy (non-hydrogen) atoms. The predicted molar refractivity (Wildman–Crippen MR) is 87.7 cm³/mol. The molecule has 2 aliphatic rings. The van der Waals surface area contributed by atoms with Gasteiger partial charge in [-0.2, -0.15) is 0 Å². The van der Waals surface area contributed by atoms with E-state index >= 15 is 0 Å². The number of benzene rings is 1. The van der Waals surface area contributed by atoms with E-state index in [2.05, 4.69) is 5.32 Å². The van der Waals surface area contributed by atoms with Crippen molar-refractivity contribution in [2.75, 3.05) is 37.8 Å². The van der Waals surface area contributed by atoms with Gasteiger partial charge in [-0.05, 0) is 18.6 Å². The van der Waals surface area contributed by atoms with E-state index in [0.717, 1.165) is 11.6 Å². The first kappa shape index (κ1) is 16.3. The van der Waals surface area contributed by atoms with Crippen LogP contribution in [0.5, 0.6) is 0 Å². The molecule has 2 aliphatic heterocycles. The van der Waals surface area contributed by atoms with E-state index in [0.29, 0.717) is 32.6 Å². The minimum Gasteiger partial charge on any atom is -0.339 e. The van der Waals surface area contributed by atoms with Crippen molar-refractivity contribution >= 4 is 23.6 Å². The van der Waals surface area contributed by atoms with Gasteiger partial charge < -0.3 is 9.80 Å². The summed E-state index contributed by atoms with van der Waals surface area (Å²) in [5.74, 6) is 0.916. The van der Waals surface area contributed by atoms with Gasteiger partial charge in [0.05, 0.1) is 11.6 Å². The van der Waals surface area contributed by atoms with Gasteiger partial charge in [0.1, 0.15) is 5.82 Å². The summed E-state index contributed by atoms with van der Waals surface area (Å²) >= 11 is 1.72. The number of nitrogens with zero attached hydrogens (tertiary/aromatic N) is 2. The van der Waals surface area contributed by atoms with Crippen molar-refractivity contribution in [3.05, 3.63) is 35.6 Å². The highest BCUT2D eigenvalue weighted by Crippen LogP contribution is 2.15. The summed E-state index contributed by atoms with van der Waals surface area (Å²) in [7, 11) is 0. The molecule has 2 heterocycles. The predicted octanol–water partition coefficient (Wildman–Crippen LogP) is 1.16. The van der Waals surface area contributed by atoms with E-state index in [1.165, 1.54) is 12.1 Å². The lowest BCUT2D eigenvalue weighted by Gasteiger charge is -2.24. The molecule has 0 bridgehead atoms. The SMILES string of the molecule is O=C(c1ccccc1F)N1CCCN(C(=O)C2CSCN2)CC1. The zero-order valence-corrected chi connectivity index (χ0v) is 13.7. The first-order chi connectivity index (χ1) is 11.2. The Morgan fingerprint density at radius 2 is 1.87 bits per heavy atom. The molecule has 0 saturated carbocycles. The van der Waals surface area contributed by atoms with E-state index in [1.54, 1.807) is 28.8 Å². The van der Waals surface area contributed by atoms with Crippen molar-refractivity contribution in [1.82, 2.24) is 15.1 Å². The van der Waals surface area contributed by atoms with Crippen LogP contribution in [-0.2, 0) is 4.79 Å². The van der Waals surface area contributed by atoms with Crippen LogP contribution in [-0.4, -0.2) is 65.5 Å². The van der Waals surface area contributed by atoms with Crippen LogP contribution in [0.1, 0.15) is 16.8 Å². The average molecular weight is 337 g/mol. The zero-order chi connectivity index (χ0) is 16.2. The normalized spacial score (nSPS) is 22.0. The topological polar surface area (TPSA) is 52.7 Å². The van der Waals surface area contributed by atoms with Crippen LogP contribution in [0.3, 0.4) is 0 Å². The molecule has 1 aromatic rings. The van der Waals surface area contributed by atoms with Gasteiger partial charge in [0, 0.05) is 37.8 Å². The molecule has 0 aromatic heterocycles. The van der Waals surface area contributed by atoms with Crippen molar-refractivity contribution < 1.29 is 14.0 Å². The van der Waals surface area contributed by atoms with Crippen molar-refractivity contribution in [3.63, 3.8) is 0 Å². The lowest BCUT2D eigenvalue weighted by atomic mass is 10.2. The average Bonchev–Trinajstić information content (AvgIpc) is 2.98. The molecule has 0 aliphatic carbocycles. The fraction of sp³-hybridized carbons (Fsp3) is 0.500. The van der Waals surface area contributed by atoms with Gasteiger partial charge >= 0.3 is 0 Å². The lowest BCUT2D eigenvalue weighted by Crippen LogP contribution is -2.46. The third kappa shape index (κ3) is 3.67. The first-order valence-corrected chi connectivity index (χ1v) is 8.96. The van der Waals surface area contributed by atoms with E-state index in [4.69, 9.17) is 0 Å². The molecule has 1 N–H and O–H groups in total.